The van der Waals surface area contributed by atoms with Crippen LogP contribution in [0.2, 0.25) is 0 Å². The minimum absolute atomic E-state index is 0.0511. The largest absolute Gasteiger partial charge is 0.479 e. The third kappa shape index (κ3) is 5.04. The summed E-state index contributed by atoms with van der Waals surface area (Å²) in [7, 11) is 1.84. The van der Waals surface area contributed by atoms with Crippen molar-refractivity contribution in [2.75, 3.05) is 7.05 Å². The maximum atomic E-state index is 12.9. The summed E-state index contributed by atoms with van der Waals surface area (Å²) in [5.41, 5.74) is 5.28. The Kier molecular flexibility index (Phi) is 7.14. The van der Waals surface area contributed by atoms with Gasteiger partial charge in [-0.25, -0.2) is 14.6 Å². The second-order valence-electron chi connectivity index (χ2n) is 7.85. The molecule has 2 atom stereocenters. The van der Waals surface area contributed by atoms with Gasteiger partial charge in [-0.3, -0.25) is 4.79 Å². The molecular formula is C22H26N4O7. The van der Waals surface area contributed by atoms with Gasteiger partial charge in [-0.2, -0.15) is 0 Å². The molecule has 4 rings (SSSR count). The van der Waals surface area contributed by atoms with E-state index in [-0.39, 0.29) is 5.91 Å². The van der Waals surface area contributed by atoms with E-state index in [1.807, 2.05) is 20.2 Å². The number of rotatable bonds is 6. The zero-order chi connectivity index (χ0) is 24.3. The first-order chi connectivity index (χ1) is 15.6. The molecule has 1 aliphatic heterocycles. The highest BCUT2D eigenvalue weighted by Crippen LogP contribution is 2.30. The minimum atomic E-state index is -2.27. The lowest BCUT2D eigenvalue weighted by Crippen LogP contribution is -2.39. The second kappa shape index (κ2) is 9.84. The van der Waals surface area contributed by atoms with Crippen molar-refractivity contribution >= 4 is 28.7 Å². The average molecular weight is 458 g/mol. The molecule has 0 saturated carbocycles. The van der Waals surface area contributed by atoms with Crippen molar-refractivity contribution in [1.29, 1.82) is 0 Å². The van der Waals surface area contributed by atoms with E-state index in [2.05, 4.69) is 32.7 Å². The summed E-state index contributed by atoms with van der Waals surface area (Å²) in [5.74, 6) is -3.49. The molecule has 11 nitrogen and oxygen atoms in total. The fraction of sp³-hybridized carbons (Fsp3) is 0.364. The van der Waals surface area contributed by atoms with Gasteiger partial charge in [-0.1, -0.05) is 18.2 Å². The van der Waals surface area contributed by atoms with Crippen molar-refractivity contribution in [2.24, 2.45) is 0 Å². The smallest absolute Gasteiger partial charge is 0.335 e. The molecule has 2 aromatic heterocycles. The molecule has 3 aromatic rings. The molecule has 176 valence electrons. The predicted molar refractivity (Wildman–Crippen MR) is 117 cm³/mol. The Morgan fingerprint density at radius 2 is 1.85 bits per heavy atom. The Morgan fingerprint density at radius 1 is 1.18 bits per heavy atom. The van der Waals surface area contributed by atoms with Gasteiger partial charge in [0.25, 0.3) is 5.91 Å². The molecule has 0 saturated heterocycles. The predicted octanol–water partition coefficient (Wildman–Crippen LogP) is 0.769. The number of benzene rings is 1. The molecule has 0 fully saturated rings. The van der Waals surface area contributed by atoms with Gasteiger partial charge < -0.3 is 34.9 Å². The fourth-order valence-corrected chi connectivity index (χ4v) is 3.74. The fourth-order valence-electron chi connectivity index (χ4n) is 3.74. The quantitative estimate of drug-likeness (QED) is 0.361. The lowest BCUT2D eigenvalue weighted by atomic mass is 10.0. The van der Waals surface area contributed by atoms with Crippen LogP contribution in [-0.2, 0) is 29.1 Å². The number of H-pyrrole nitrogens is 1. The van der Waals surface area contributed by atoms with E-state index in [0.717, 1.165) is 41.7 Å². The number of carboxylic acids is 2. The third-order valence-corrected chi connectivity index (χ3v) is 5.53. The molecule has 0 radical (unpaired) electrons. The molecule has 2 unspecified atom stereocenters. The summed E-state index contributed by atoms with van der Waals surface area (Å²) in [5, 5.41) is 33.6. The number of carbonyl (C=O) groups is 3. The van der Waals surface area contributed by atoms with Crippen LogP contribution in [0.4, 0.5) is 0 Å². The van der Waals surface area contributed by atoms with E-state index in [1.54, 1.807) is 11.2 Å². The Morgan fingerprint density at radius 3 is 2.42 bits per heavy atom. The monoisotopic (exact) mass is 458 g/mol. The highest BCUT2D eigenvalue weighted by atomic mass is 16.4. The van der Waals surface area contributed by atoms with Crippen LogP contribution >= 0.6 is 0 Å². The number of aryl methyl sites for hydroxylation is 3. The van der Waals surface area contributed by atoms with Gasteiger partial charge in [0.2, 0.25) is 0 Å². The van der Waals surface area contributed by atoms with Crippen molar-refractivity contribution in [3.8, 4) is 0 Å². The number of aromatic amines is 1. The maximum Gasteiger partial charge on any atom is 0.335 e. The number of aromatic nitrogens is 3. The number of nitrogens with zero attached hydrogens (tertiary/aromatic N) is 3. The van der Waals surface area contributed by atoms with Crippen LogP contribution in [0.15, 0.2) is 30.7 Å². The highest BCUT2D eigenvalue weighted by molar-refractivity contribution is 6.07. The van der Waals surface area contributed by atoms with Crippen LogP contribution in [0, 0.1) is 6.92 Å². The number of imidazole rings is 1. The van der Waals surface area contributed by atoms with Gasteiger partial charge in [-0.15, -0.1) is 0 Å². The van der Waals surface area contributed by atoms with E-state index in [0.29, 0.717) is 6.54 Å². The van der Waals surface area contributed by atoms with Crippen molar-refractivity contribution < 1.29 is 34.8 Å². The Hall–Kier alpha value is -3.70. The van der Waals surface area contributed by atoms with Crippen LogP contribution < -0.4 is 0 Å². The first-order valence-electron chi connectivity index (χ1n) is 10.3. The summed E-state index contributed by atoms with van der Waals surface area (Å²) in [6.07, 6.45) is 1.39. The van der Waals surface area contributed by atoms with E-state index < -0.39 is 24.1 Å². The minimum Gasteiger partial charge on any atom is -0.479 e. The van der Waals surface area contributed by atoms with Gasteiger partial charge in [-0.05, 0) is 25.3 Å². The van der Waals surface area contributed by atoms with Crippen molar-refractivity contribution in [2.45, 2.75) is 45.1 Å². The van der Waals surface area contributed by atoms with Crippen molar-refractivity contribution in [1.82, 2.24) is 19.4 Å². The Balaban J connectivity index is 0.000000262. The lowest BCUT2D eigenvalue weighted by molar-refractivity contribution is -0.165. The van der Waals surface area contributed by atoms with Crippen LogP contribution in [0.1, 0.15) is 33.7 Å². The van der Waals surface area contributed by atoms with Crippen LogP contribution in [-0.4, -0.2) is 77.0 Å². The number of carboxylic acid groups (broad SMARTS) is 2. The van der Waals surface area contributed by atoms with Crippen molar-refractivity contribution in [3.63, 3.8) is 0 Å². The molecule has 5 N–H and O–H groups in total. The molecule has 1 aliphatic rings. The first kappa shape index (κ1) is 24.0. The normalized spacial score (nSPS) is 14.2. The van der Waals surface area contributed by atoms with E-state index >= 15 is 0 Å². The SMILES string of the molecule is Cc1[nH]cnc1CN(C)C(=O)c1cn2c3c(cccc13)CCC2.O=C(O)C(O)C(O)C(=O)O. The Bertz CT molecular complexity index is 1160. The zero-order valence-electron chi connectivity index (χ0n) is 18.2. The standard InChI is InChI=1S/C18H20N4O.C4H6O6/c1-12-16(20-11-19-12)10-21(2)18(23)15-9-22-8-4-6-13-5-3-7-14(15)17(13)22;5-1(3(7)8)2(6)4(9)10/h3,5,7,9,11H,4,6,8,10H2,1-2H3,(H,19,20);1-2,5-6H,(H,7,8)(H,9,10). The summed E-state index contributed by atoms with van der Waals surface area (Å²) >= 11 is 0. The second-order valence-corrected chi connectivity index (χ2v) is 7.85. The topological polar surface area (TPSA) is 169 Å². The summed E-state index contributed by atoms with van der Waals surface area (Å²) < 4.78 is 2.23. The number of carbonyl (C=O) groups excluding carboxylic acids is 1. The average Bonchev–Trinajstić information content (AvgIpc) is 3.37. The molecule has 11 heteroatoms. The third-order valence-electron chi connectivity index (χ3n) is 5.53. The highest BCUT2D eigenvalue weighted by Gasteiger charge is 2.29. The molecule has 0 spiro atoms. The molecule has 1 amide bonds. The molecular weight excluding hydrogens is 432 g/mol. The van der Waals surface area contributed by atoms with E-state index in [4.69, 9.17) is 20.4 Å². The van der Waals surface area contributed by atoms with Gasteiger partial charge in [0, 0.05) is 30.9 Å². The number of nitrogens with one attached hydrogen (secondary N) is 1. The number of para-hydroxylation sites is 1. The van der Waals surface area contributed by atoms with Crippen molar-refractivity contribution in [3.05, 3.63) is 53.2 Å². The Labute approximate surface area is 188 Å². The summed E-state index contributed by atoms with van der Waals surface area (Å²) in [6, 6.07) is 6.28. The van der Waals surface area contributed by atoms with Gasteiger partial charge in [0.1, 0.15) is 0 Å². The molecule has 1 aromatic carbocycles. The number of aliphatic carboxylic acids is 2. The summed E-state index contributed by atoms with van der Waals surface area (Å²) in [4.78, 5) is 41.6. The van der Waals surface area contributed by atoms with E-state index in [1.165, 1.54) is 11.1 Å². The molecule has 0 bridgehead atoms. The van der Waals surface area contributed by atoms with Gasteiger partial charge in [0.05, 0.1) is 29.6 Å². The number of hydrogen-bond acceptors (Lipinski definition) is 6. The number of hydrogen-bond donors (Lipinski definition) is 5. The van der Waals surface area contributed by atoms with Crippen LogP contribution in [0.3, 0.4) is 0 Å². The first-order valence-corrected chi connectivity index (χ1v) is 10.3. The summed E-state index contributed by atoms with van der Waals surface area (Å²) in [6.45, 7) is 3.48. The van der Waals surface area contributed by atoms with Crippen LogP contribution in [0.5, 0.6) is 0 Å². The molecule has 33 heavy (non-hydrogen) atoms. The number of aliphatic hydroxyl groups is 2. The number of aliphatic hydroxyl groups excluding tert-OH is 2. The van der Waals surface area contributed by atoms with Gasteiger partial charge >= 0.3 is 11.9 Å². The molecule has 0 aliphatic carbocycles. The number of amides is 1. The maximum absolute atomic E-state index is 12.9. The van der Waals surface area contributed by atoms with Crippen LogP contribution in [0.25, 0.3) is 10.9 Å². The van der Waals surface area contributed by atoms with Gasteiger partial charge in [0.15, 0.2) is 12.2 Å². The lowest BCUT2D eigenvalue weighted by Gasteiger charge is -2.16. The molecule has 3 heterocycles. The van der Waals surface area contributed by atoms with E-state index in [9.17, 15) is 14.4 Å². The zero-order valence-corrected chi connectivity index (χ0v) is 18.2.